The van der Waals surface area contributed by atoms with Gasteiger partial charge in [-0.05, 0) is 164 Å². The quantitative estimate of drug-likeness (QED) is 0.0986. The zero-order valence-electron chi connectivity index (χ0n) is 22.8. The van der Waals surface area contributed by atoms with Gasteiger partial charge in [0.25, 0.3) is 0 Å². The summed E-state index contributed by atoms with van der Waals surface area (Å²) in [5.41, 5.74) is 7.65. The summed E-state index contributed by atoms with van der Waals surface area (Å²) in [5.74, 6) is 0. The number of benzene rings is 5. The van der Waals surface area contributed by atoms with Gasteiger partial charge >= 0.3 is 0 Å². The summed E-state index contributed by atoms with van der Waals surface area (Å²) in [7, 11) is 0. The summed E-state index contributed by atoms with van der Waals surface area (Å²) in [4.78, 5) is 0. The Hall–Kier alpha value is -2.00. The highest BCUT2D eigenvalue weighted by Gasteiger charge is 2.09. The Balaban J connectivity index is 1.11. The first-order valence-corrected chi connectivity index (χ1v) is 16.4. The van der Waals surface area contributed by atoms with Crippen LogP contribution in [0.1, 0.15) is 59.1 Å². The third-order valence-electron chi connectivity index (χ3n) is 7.95. The van der Waals surface area contributed by atoms with Crippen LogP contribution < -0.4 is 0 Å². The van der Waals surface area contributed by atoms with Crippen molar-refractivity contribution in [2.45, 2.75) is 64.6 Å². The molecule has 0 aliphatic rings. The molecule has 4 heteroatoms. The van der Waals surface area contributed by atoms with Crippen molar-refractivity contribution in [3.05, 3.63) is 125 Å². The molecular formula is C36H36I2O2. The van der Waals surface area contributed by atoms with Gasteiger partial charge in [0.05, 0.1) is 13.2 Å². The van der Waals surface area contributed by atoms with Gasteiger partial charge in [0.15, 0.2) is 0 Å². The lowest BCUT2D eigenvalue weighted by molar-refractivity contribution is 0.283. The van der Waals surface area contributed by atoms with E-state index < -0.39 is 0 Å². The van der Waals surface area contributed by atoms with E-state index in [0.717, 1.165) is 49.7 Å². The molecule has 5 aromatic rings. The Morgan fingerprint density at radius 2 is 0.875 bits per heavy atom. The number of aliphatic hydroxyl groups is 2. The number of fused-ring (bicyclic) bond motifs is 2. The third-order valence-corrected chi connectivity index (χ3v) is 9.96. The molecule has 0 heterocycles. The average Bonchev–Trinajstić information content (AvgIpc) is 2.98. The van der Waals surface area contributed by atoms with Crippen molar-refractivity contribution in [2.24, 2.45) is 0 Å². The van der Waals surface area contributed by atoms with Crippen LogP contribution in [0, 0.1) is 7.14 Å². The number of hydrogen-bond donors (Lipinski definition) is 2. The number of unbranched alkanes of at least 4 members (excludes halogenated alkanes) is 2. The highest BCUT2D eigenvalue weighted by atomic mass is 127. The van der Waals surface area contributed by atoms with Crippen LogP contribution in [-0.2, 0) is 38.9 Å². The fourth-order valence-corrected chi connectivity index (χ4v) is 7.26. The van der Waals surface area contributed by atoms with Crippen LogP contribution in [0.25, 0.3) is 21.5 Å². The summed E-state index contributed by atoms with van der Waals surface area (Å²) in [6.45, 7) is 0.176. The summed E-state index contributed by atoms with van der Waals surface area (Å²) in [6, 6.07) is 30.4. The van der Waals surface area contributed by atoms with Crippen LogP contribution >= 0.6 is 45.2 Å². The molecule has 0 aliphatic carbocycles. The molecule has 5 aromatic carbocycles. The summed E-state index contributed by atoms with van der Waals surface area (Å²) < 4.78 is 2.77. The minimum atomic E-state index is 0.0878. The van der Waals surface area contributed by atoms with E-state index in [1.807, 2.05) is 24.3 Å². The molecule has 0 unspecified atom stereocenters. The van der Waals surface area contributed by atoms with Crippen molar-refractivity contribution in [3.63, 3.8) is 0 Å². The lowest BCUT2D eigenvalue weighted by atomic mass is 9.97. The summed E-state index contributed by atoms with van der Waals surface area (Å²) in [6.07, 6.45) is 9.04. The second kappa shape index (κ2) is 14.3. The molecule has 0 saturated carbocycles. The van der Waals surface area contributed by atoms with Gasteiger partial charge < -0.3 is 10.2 Å². The van der Waals surface area contributed by atoms with Crippen LogP contribution in [0.5, 0.6) is 0 Å². The fourth-order valence-electron chi connectivity index (χ4n) is 5.66. The standard InChI is InChI=1S/C36H36I2O2/c37-35-22-30(10-4-2-8-26-16-18-28-12-6-14-32(24-40)34(28)20-26)36(38)21-29(35)9-3-1-7-25-15-17-27-11-5-13-31(23-39)33(27)19-25/h5-6,11-22,39-40H,1-4,7-10,23-24H2. The van der Waals surface area contributed by atoms with Crippen LogP contribution in [-0.4, -0.2) is 10.2 Å². The van der Waals surface area contributed by atoms with Gasteiger partial charge in [-0.1, -0.05) is 72.8 Å². The molecule has 5 rings (SSSR count). The van der Waals surface area contributed by atoms with Gasteiger partial charge in [-0.25, -0.2) is 0 Å². The maximum atomic E-state index is 9.68. The van der Waals surface area contributed by atoms with Gasteiger partial charge in [-0.2, -0.15) is 0 Å². The van der Waals surface area contributed by atoms with Crippen LogP contribution in [0.2, 0.25) is 0 Å². The largest absolute Gasteiger partial charge is 0.392 e. The van der Waals surface area contributed by atoms with Crippen molar-refractivity contribution in [1.82, 2.24) is 0 Å². The number of halogens is 2. The molecule has 0 spiro atoms. The Labute approximate surface area is 265 Å². The predicted molar refractivity (Wildman–Crippen MR) is 185 cm³/mol. The fraction of sp³-hybridized carbons (Fsp3) is 0.278. The molecule has 0 radical (unpaired) electrons. The zero-order valence-corrected chi connectivity index (χ0v) is 27.1. The second-order valence-corrected chi connectivity index (χ2v) is 13.0. The topological polar surface area (TPSA) is 40.5 Å². The maximum Gasteiger partial charge on any atom is 0.0687 e. The van der Waals surface area contributed by atoms with Crippen molar-refractivity contribution in [1.29, 1.82) is 0 Å². The Kier molecular flexibility index (Phi) is 10.5. The van der Waals surface area contributed by atoms with Gasteiger partial charge in [0.1, 0.15) is 0 Å². The van der Waals surface area contributed by atoms with E-state index in [0.29, 0.717) is 0 Å². The zero-order chi connectivity index (χ0) is 27.9. The molecule has 0 atom stereocenters. The molecule has 0 fully saturated rings. The maximum absolute atomic E-state index is 9.68. The van der Waals surface area contributed by atoms with Crippen LogP contribution in [0.15, 0.2) is 84.9 Å². The summed E-state index contributed by atoms with van der Waals surface area (Å²) in [5, 5.41) is 24.1. The van der Waals surface area contributed by atoms with Crippen LogP contribution in [0.3, 0.4) is 0 Å². The first kappa shape index (κ1) is 29.5. The minimum Gasteiger partial charge on any atom is -0.392 e. The molecule has 2 nitrogen and oxygen atoms in total. The Bertz CT molecular complexity index is 1490. The normalized spacial score (nSPS) is 11.5. The van der Waals surface area contributed by atoms with Crippen molar-refractivity contribution < 1.29 is 10.2 Å². The van der Waals surface area contributed by atoms with E-state index in [1.54, 1.807) is 0 Å². The Morgan fingerprint density at radius 3 is 1.30 bits per heavy atom. The van der Waals surface area contributed by atoms with Crippen molar-refractivity contribution >= 4 is 66.7 Å². The highest BCUT2D eigenvalue weighted by Crippen LogP contribution is 2.26. The van der Waals surface area contributed by atoms with Gasteiger partial charge in [-0.3, -0.25) is 0 Å². The van der Waals surface area contributed by atoms with Gasteiger partial charge in [0, 0.05) is 7.14 Å². The number of hydrogen-bond acceptors (Lipinski definition) is 2. The second-order valence-electron chi connectivity index (χ2n) is 10.7. The van der Waals surface area contributed by atoms with E-state index in [-0.39, 0.29) is 13.2 Å². The lowest BCUT2D eigenvalue weighted by Gasteiger charge is -2.12. The minimum absolute atomic E-state index is 0.0878. The van der Waals surface area contributed by atoms with Crippen molar-refractivity contribution in [3.8, 4) is 0 Å². The molecule has 0 aromatic heterocycles. The van der Waals surface area contributed by atoms with Crippen molar-refractivity contribution in [2.75, 3.05) is 0 Å². The SMILES string of the molecule is OCc1cccc2ccc(CCCCc3cc(I)c(CCCCc4ccc5cccc(CO)c5c4)cc3I)cc12. The van der Waals surface area contributed by atoms with E-state index in [1.165, 1.54) is 63.8 Å². The molecular weight excluding hydrogens is 718 g/mol. The number of rotatable bonds is 12. The predicted octanol–water partition coefficient (Wildman–Crippen LogP) is 9.32. The molecule has 2 N–H and O–H groups in total. The molecule has 40 heavy (non-hydrogen) atoms. The van der Waals surface area contributed by atoms with Crippen LogP contribution in [0.4, 0.5) is 0 Å². The number of aliphatic hydroxyl groups excluding tert-OH is 2. The lowest BCUT2D eigenvalue weighted by Crippen LogP contribution is -1.98. The molecule has 206 valence electrons. The monoisotopic (exact) mass is 754 g/mol. The smallest absolute Gasteiger partial charge is 0.0687 e. The average molecular weight is 754 g/mol. The Morgan fingerprint density at radius 1 is 0.450 bits per heavy atom. The van der Waals surface area contributed by atoms with E-state index in [2.05, 4.69) is 106 Å². The van der Waals surface area contributed by atoms with E-state index >= 15 is 0 Å². The first-order chi connectivity index (χ1) is 19.6. The van der Waals surface area contributed by atoms with Gasteiger partial charge in [0.2, 0.25) is 0 Å². The molecule has 0 saturated heterocycles. The molecule has 0 aliphatic heterocycles. The van der Waals surface area contributed by atoms with E-state index in [4.69, 9.17) is 0 Å². The molecule has 0 amide bonds. The highest BCUT2D eigenvalue weighted by molar-refractivity contribution is 14.1. The number of aryl methyl sites for hydroxylation is 4. The van der Waals surface area contributed by atoms with E-state index in [9.17, 15) is 10.2 Å². The summed E-state index contributed by atoms with van der Waals surface area (Å²) >= 11 is 5.04. The third kappa shape index (κ3) is 7.25. The molecule has 0 bridgehead atoms. The first-order valence-electron chi connectivity index (χ1n) is 14.3. The van der Waals surface area contributed by atoms with Gasteiger partial charge in [-0.15, -0.1) is 0 Å².